The van der Waals surface area contributed by atoms with E-state index in [4.69, 9.17) is 4.42 Å². The molecule has 1 fully saturated rings. The van der Waals surface area contributed by atoms with Crippen LogP contribution in [-0.4, -0.2) is 41.3 Å². The number of aryl methyl sites for hydroxylation is 3. The van der Waals surface area contributed by atoms with Gasteiger partial charge in [-0.15, -0.1) is 0 Å². The fraction of sp³-hybridized carbons (Fsp3) is 0.529. The number of oxazole rings is 1. The Morgan fingerprint density at radius 3 is 2.58 bits per heavy atom. The number of amides is 1. The number of sulfonamides is 1. The van der Waals surface area contributed by atoms with Crippen LogP contribution < -0.4 is 5.32 Å². The fourth-order valence-electron chi connectivity index (χ4n) is 3.02. The highest BCUT2D eigenvalue weighted by atomic mass is 32.2. The monoisotopic (exact) mass is 380 g/mol. The summed E-state index contributed by atoms with van der Waals surface area (Å²) in [7, 11) is -1.91. The molecular weight excluding hydrogens is 356 g/mol. The summed E-state index contributed by atoms with van der Waals surface area (Å²) >= 11 is 0. The number of piperidine rings is 1. The van der Waals surface area contributed by atoms with Crippen LogP contribution in [0.4, 0.5) is 0 Å². The maximum atomic E-state index is 12.8. The molecule has 1 aliphatic rings. The predicted molar refractivity (Wildman–Crippen MR) is 95.2 cm³/mol. The van der Waals surface area contributed by atoms with Crippen LogP contribution in [0.25, 0.3) is 0 Å². The van der Waals surface area contributed by atoms with Gasteiger partial charge in [-0.2, -0.15) is 4.31 Å². The summed E-state index contributed by atoms with van der Waals surface area (Å²) in [5.74, 6) is 0.757. The molecule has 0 spiro atoms. The molecule has 2 aromatic heterocycles. The molecule has 0 radical (unpaired) electrons. The van der Waals surface area contributed by atoms with E-state index in [2.05, 4.69) is 10.3 Å². The Morgan fingerprint density at radius 2 is 1.96 bits per heavy atom. The van der Waals surface area contributed by atoms with Gasteiger partial charge in [0.2, 0.25) is 15.9 Å². The van der Waals surface area contributed by atoms with E-state index in [9.17, 15) is 13.2 Å². The van der Waals surface area contributed by atoms with Gasteiger partial charge in [0, 0.05) is 26.3 Å². The van der Waals surface area contributed by atoms with E-state index < -0.39 is 10.0 Å². The highest BCUT2D eigenvalue weighted by Crippen LogP contribution is 2.22. The second-order valence-electron chi connectivity index (χ2n) is 6.57. The van der Waals surface area contributed by atoms with Gasteiger partial charge >= 0.3 is 0 Å². The third-order valence-corrected chi connectivity index (χ3v) is 6.50. The molecular formula is C17H24N4O4S. The molecule has 0 unspecified atom stereocenters. The topological polar surface area (TPSA) is 97.4 Å². The number of hydrogen-bond acceptors (Lipinski definition) is 5. The van der Waals surface area contributed by atoms with E-state index in [1.54, 1.807) is 7.05 Å². The van der Waals surface area contributed by atoms with Crippen molar-refractivity contribution in [1.29, 1.82) is 0 Å². The molecule has 2 aromatic rings. The zero-order chi connectivity index (χ0) is 18.9. The van der Waals surface area contributed by atoms with Gasteiger partial charge < -0.3 is 14.3 Å². The highest BCUT2D eigenvalue weighted by molar-refractivity contribution is 7.89. The molecule has 1 saturated heterocycles. The lowest BCUT2D eigenvalue weighted by molar-refractivity contribution is 0.0939. The Bertz CT molecular complexity index is 888. The Labute approximate surface area is 153 Å². The number of carbonyl (C=O) groups excluding carboxylic acids is 1. The van der Waals surface area contributed by atoms with Gasteiger partial charge in [0.1, 0.15) is 16.3 Å². The first-order valence-corrected chi connectivity index (χ1v) is 10.1. The molecule has 0 bridgehead atoms. The molecule has 8 nitrogen and oxygen atoms in total. The van der Waals surface area contributed by atoms with Crippen molar-refractivity contribution in [3.05, 3.63) is 35.3 Å². The van der Waals surface area contributed by atoms with Crippen molar-refractivity contribution < 1.29 is 17.6 Å². The van der Waals surface area contributed by atoms with Gasteiger partial charge in [-0.25, -0.2) is 13.4 Å². The Kier molecular flexibility index (Phi) is 5.19. The average molecular weight is 380 g/mol. The molecule has 3 heterocycles. The first kappa shape index (κ1) is 18.7. The van der Waals surface area contributed by atoms with Gasteiger partial charge in [0.15, 0.2) is 0 Å². The molecule has 142 valence electrons. The third kappa shape index (κ3) is 3.68. The first-order valence-electron chi connectivity index (χ1n) is 8.66. The molecule has 26 heavy (non-hydrogen) atoms. The van der Waals surface area contributed by atoms with Crippen molar-refractivity contribution in [2.45, 2.75) is 44.6 Å². The van der Waals surface area contributed by atoms with Gasteiger partial charge in [-0.05, 0) is 32.8 Å². The zero-order valence-electron chi connectivity index (χ0n) is 15.3. The molecule has 0 saturated carbocycles. The normalized spacial score (nSPS) is 16.0. The van der Waals surface area contributed by atoms with Crippen LogP contribution in [0.1, 0.15) is 47.1 Å². The summed E-state index contributed by atoms with van der Waals surface area (Å²) in [6, 6.07) is 1.42. The second kappa shape index (κ2) is 7.24. The van der Waals surface area contributed by atoms with Gasteiger partial charge in [0.25, 0.3) is 5.91 Å². The largest absolute Gasteiger partial charge is 0.444 e. The van der Waals surface area contributed by atoms with Crippen LogP contribution in [0.3, 0.4) is 0 Å². The quantitative estimate of drug-likeness (QED) is 0.852. The molecule has 1 aliphatic heterocycles. The summed E-state index contributed by atoms with van der Waals surface area (Å²) in [5.41, 5.74) is 1.06. The predicted octanol–water partition coefficient (Wildman–Crippen LogP) is 1.73. The fourth-order valence-corrected chi connectivity index (χ4v) is 4.61. The van der Waals surface area contributed by atoms with E-state index in [0.717, 1.165) is 25.0 Å². The minimum atomic E-state index is -3.56. The number of hydrogen-bond donors (Lipinski definition) is 1. The van der Waals surface area contributed by atoms with Crippen molar-refractivity contribution in [2.75, 3.05) is 13.1 Å². The lowest BCUT2D eigenvalue weighted by atomic mass is 10.2. The van der Waals surface area contributed by atoms with Crippen molar-refractivity contribution >= 4 is 15.9 Å². The molecule has 1 amide bonds. The van der Waals surface area contributed by atoms with Gasteiger partial charge in [-0.3, -0.25) is 4.79 Å². The lowest BCUT2D eigenvalue weighted by Gasteiger charge is -2.25. The van der Waals surface area contributed by atoms with Gasteiger partial charge in [0.05, 0.1) is 12.2 Å². The SMILES string of the molecule is Cc1nc(CNC(=O)c2cc(S(=O)(=O)N3CCCCC3)cn2C)oc1C. The van der Waals surface area contributed by atoms with Crippen LogP contribution >= 0.6 is 0 Å². The van der Waals surface area contributed by atoms with Crippen molar-refractivity contribution in [2.24, 2.45) is 7.05 Å². The van der Waals surface area contributed by atoms with E-state index in [-0.39, 0.29) is 23.0 Å². The van der Waals surface area contributed by atoms with Crippen LogP contribution in [0.15, 0.2) is 21.6 Å². The lowest BCUT2D eigenvalue weighted by Crippen LogP contribution is -2.35. The average Bonchev–Trinajstić information content (AvgIpc) is 3.16. The van der Waals surface area contributed by atoms with Crippen LogP contribution in [0.5, 0.6) is 0 Å². The minimum absolute atomic E-state index is 0.146. The molecule has 3 rings (SSSR count). The number of carbonyl (C=O) groups is 1. The molecule has 0 aromatic carbocycles. The molecule has 9 heteroatoms. The molecule has 1 N–H and O–H groups in total. The van der Waals surface area contributed by atoms with E-state index in [0.29, 0.717) is 24.7 Å². The maximum absolute atomic E-state index is 12.8. The third-order valence-electron chi connectivity index (χ3n) is 4.64. The van der Waals surface area contributed by atoms with Crippen LogP contribution in [0.2, 0.25) is 0 Å². The zero-order valence-corrected chi connectivity index (χ0v) is 16.1. The van der Waals surface area contributed by atoms with Crippen LogP contribution in [-0.2, 0) is 23.6 Å². The van der Waals surface area contributed by atoms with E-state index >= 15 is 0 Å². The van der Waals surface area contributed by atoms with Crippen LogP contribution in [0, 0.1) is 13.8 Å². The Morgan fingerprint density at radius 1 is 1.27 bits per heavy atom. The summed E-state index contributed by atoms with van der Waals surface area (Å²) in [5, 5.41) is 2.72. The first-order chi connectivity index (χ1) is 12.3. The summed E-state index contributed by atoms with van der Waals surface area (Å²) in [6.45, 7) is 4.85. The number of nitrogens with zero attached hydrogens (tertiary/aromatic N) is 3. The minimum Gasteiger partial charge on any atom is -0.444 e. The van der Waals surface area contributed by atoms with Crippen molar-refractivity contribution in [3.63, 3.8) is 0 Å². The van der Waals surface area contributed by atoms with Gasteiger partial charge in [-0.1, -0.05) is 6.42 Å². The molecule has 0 aliphatic carbocycles. The number of aromatic nitrogens is 2. The van der Waals surface area contributed by atoms with E-state index in [1.165, 1.54) is 21.1 Å². The Hall–Kier alpha value is -2.13. The van der Waals surface area contributed by atoms with Crippen molar-refractivity contribution in [3.8, 4) is 0 Å². The smallest absolute Gasteiger partial charge is 0.268 e. The summed E-state index contributed by atoms with van der Waals surface area (Å²) in [6.07, 6.45) is 4.27. The molecule has 0 atom stereocenters. The summed E-state index contributed by atoms with van der Waals surface area (Å²) in [4.78, 5) is 16.8. The standard InChI is InChI=1S/C17H24N4O4S/c1-12-13(2)25-16(19-12)10-18-17(22)15-9-14(11-20(15)3)26(23,24)21-7-5-4-6-8-21/h9,11H,4-8,10H2,1-3H3,(H,18,22). The second-order valence-corrected chi connectivity index (χ2v) is 8.51. The number of nitrogens with one attached hydrogen (secondary N) is 1. The number of rotatable bonds is 5. The Balaban J connectivity index is 1.73. The highest BCUT2D eigenvalue weighted by Gasteiger charge is 2.28. The van der Waals surface area contributed by atoms with Crippen molar-refractivity contribution in [1.82, 2.24) is 19.2 Å². The summed E-state index contributed by atoms with van der Waals surface area (Å²) < 4.78 is 34.0. The maximum Gasteiger partial charge on any atom is 0.268 e. The van der Waals surface area contributed by atoms with E-state index in [1.807, 2.05) is 13.8 Å².